The fourth-order valence-electron chi connectivity index (χ4n) is 2.03. The van der Waals surface area contributed by atoms with Gasteiger partial charge >= 0.3 is 0 Å². The van der Waals surface area contributed by atoms with Crippen LogP contribution in [0.4, 0.5) is 5.69 Å². The van der Waals surface area contributed by atoms with E-state index in [-0.39, 0.29) is 5.91 Å². The molecule has 1 amide bonds. The molecule has 0 bridgehead atoms. The summed E-state index contributed by atoms with van der Waals surface area (Å²) in [6.07, 6.45) is 0. The zero-order valence-corrected chi connectivity index (χ0v) is 14.1. The quantitative estimate of drug-likeness (QED) is 0.373. The van der Waals surface area contributed by atoms with Gasteiger partial charge in [-0.05, 0) is 23.4 Å². The zero-order valence-electron chi connectivity index (χ0n) is 14.1. The van der Waals surface area contributed by atoms with Crippen molar-refractivity contribution >= 4 is 11.6 Å². The third kappa shape index (κ3) is 5.78. The number of nitrogen functional groups attached to an aromatic ring is 1. The standard InChI is InChI=1S/C15H23N7O3/c1-22-20-14(19-21-22)12-10-11(2-3-13(12)17)15(23)18-5-7-25-9-8-24-6-4-16/h2-3,10H,4-9,16-17H2,1H3,(H,18,23). The molecule has 0 saturated heterocycles. The van der Waals surface area contributed by atoms with Crippen LogP contribution >= 0.6 is 0 Å². The number of hydrogen-bond donors (Lipinski definition) is 3. The van der Waals surface area contributed by atoms with E-state index in [1.165, 1.54) is 4.80 Å². The van der Waals surface area contributed by atoms with E-state index in [0.717, 1.165) is 0 Å². The molecule has 1 aromatic heterocycles. The monoisotopic (exact) mass is 349 g/mol. The first-order valence-electron chi connectivity index (χ1n) is 7.89. The number of benzene rings is 1. The SMILES string of the molecule is Cn1nnc(-c2cc(C(=O)NCCOCCOCCN)ccc2N)n1. The molecule has 0 aliphatic carbocycles. The predicted octanol–water partition coefficient (Wildman–Crippen LogP) is -0.819. The van der Waals surface area contributed by atoms with Crippen LogP contribution in [0.2, 0.25) is 0 Å². The molecule has 25 heavy (non-hydrogen) atoms. The lowest BCUT2D eigenvalue weighted by Gasteiger charge is -2.08. The van der Waals surface area contributed by atoms with E-state index < -0.39 is 0 Å². The van der Waals surface area contributed by atoms with Gasteiger partial charge in [-0.15, -0.1) is 10.2 Å². The van der Waals surface area contributed by atoms with Crippen LogP contribution in [0.15, 0.2) is 18.2 Å². The molecule has 1 heterocycles. The molecule has 0 radical (unpaired) electrons. The first-order valence-corrected chi connectivity index (χ1v) is 7.89. The zero-order chi connectivity index (χ0) is 18.1. The molecule has 2 aromatic rings. The van der Waals surface area contributed by atoms with Crippen molar-refractivity contribution in [1.82, 2.24) is 25.5 Å². The summed E-state index contributed by atoms with van der Waals surface area (Å²) in [5.74, 6) is 0.142. The number of aromatic nitrogens is 4. The van der Waals surface area contributed by atoms with Crippen LogP contribution in [0.1, 0.15) is 10.4 Å². The van der Waals surface area contributed by atoms with E-state index in [1.54, 1.807) is 25.2 Å². The minimum Gasteiger partial charge on any atom is -0.398 e. The Hall–Kier alpha value is -2.56. The Morgan fingerprint density at radius 1 is 1.24 bits per heavy atom. The van der Waals surface area contributed by atoms with Gasteiger partial charge in [-0.25, -0.2) is 0 Å². The number of tetrazole rings is 1. The lowest BCUT2D eigenvalue weighted by atomic mass is 10.1. The number of ether oxygens (including phenoxy) is 2. The number of carbonyl (C=O) groups is 1. The van der Waals surface area contributed by atoms with E-state index >= 15 is 0 Å². The van der Waals surface area contributed by atoms with Crippen molar-refractivity contribution in [3.8, 4) is 11.4 Å². The van der Waals surface area contributed by atoms with Gasteiger partial charge in [-0.3, -0.25) is 4.79 Å². The van der Waals surface area contributed by atoms with Gasteiger partial charge in [0.25, 0.3) is 5.91 Å². The molecule has 2 rings (SSSR count). The van der Waals surface area contributed by atoms with Crippen LogP contribution in [-0.2, 0) is 16.5 Å². The molecule has 10 nitrogen and oxygen atoms in total. The summed E-state index contributed by atoms with van der Waals surface area (Å²) in [6.45, 7) is 2.73. The third-order valence-corrected chi connectivity index (χ3v) is 3.23. The molecule has 0 unspecified atom stereocenters. The molecule has 0 saturated carbocycles. The molecular formula is C15H23N7O3. The Bertz CT molecular complexity index is 690. The maximum absolute atomic E-state index is 12.2. The summed E-state index contributed by atoms with van der Waals surface area (Å²) in [5.41, 5.74) is 12.7. The van der Waals surface area contributed by atoms with Gasteiger partial charge in [0, 0.05) is 29.9 Å². The van der Waals surface area contributed by atoms with Gasteiger partial charge in [0.15, 0.2) is 0 Å². The van der Waals surface area contributed by atoms with Crippen LogP contribution in [-0.4, -0.2) is 65.6 Å². The van der Waals surface area contributed by atoms with Gasteiger partial charge in [0.1, 0.15) is 0 Å². The summed E-state index contributed by atoms with van der Waals surface area (Å²) in [7, 11) is 1.66. The number of amides is 1. The Morgan fingerprint density at radius 3 is 2.68 bits per heavy atom. The highest BCUT2D eigenvalue weighted by molar-refractivity contribution is 5.96. The highest BCUT2D eigenvalue weighted by atomic mass is 16.5. The second-order valence-electron chi connectivity index (χ2n) is 5.17. The summed E-state index contributed by atoms with van der Waals surface area (Å²) in [4.78, 5) is 13.5. The van der Waals surface area contributed by atoms with Gasteiger partial charge in [-0.1, -0.05) is 0 Å². The summed E-state index contributed by atoms with van der Waals surface area (Å²) >= 11 is 0. The largest absolute Gasteiger partial charge is 0.398 e. The average Bonchev–Trinajstić information content (AvgIpc) is 3.03. The molecule has 0 aliphatic heterocycles. The molecule has 0 spiro atoms. The number of nitrogens with one attached hydrogen (secondary N) is 1. The minimum atomic E-state index is -0.229. The van der Waals surface area contributed by atoms with E-state index in [2.05, 4.69) is 20.7 Å². The van der Waals surface area contributed by atoms with Crippen molar-refractivity contribution in [3.05, 3.63) is 23.8 Å². The highest BCUT2D eigenvalue weighted by Gasteiger charge is 2.13. The number of hydrogen-bond acceptors (Lipinski definition) is 8. The number of nitrogens with two attached hydrogens (primary N) is 2. The number of carbonyl (C=O) groups excluding carboxylic acids is 1. The van der Waals surface area contributed by atoms with Crippen molar-refractivity contribution in [2.24, 2.45) is 12.8 Å². The van der Waals surface area contributed by atoms with Crippen molar-refractivity contribution in [2.75, 3.05) is 45.3 Å². The number of anilines is 1. The molecule has 0 atom stereocenters. The Balaban J connectivity index is 1.82. The van der Waals surface area contributed by atoms with Gasteiger partial charge in [0.2, 0.25) is 5.82 Å². The number of rotatable bonds is 10. The van der Waals surface area contributed by atoms with Crippen molar-refractivity contribution in [2.45, 2.75) is 0 Å². The second-order valence-corrected chi connectivity index (χ2v) is 5.17. The Morgan fingerprint density at radius 2 is 2.00 bits per heavy atom. The summed E-state index contributed by atoms with van der Waals surface area (Å²) in [6, 6.07) is 4.93. The first kappa shape index (κ1) is 18.8. The normalized spacial score (nSPS) is 10.8. The van der Waals surface area contributed by atoms with Crippen LogP contribution in [0.3, 0.4) is 0 Å². The van der Waals surface area contributed by atoms with E-state index in [1.807, 2.05) is 0 Å². The Labute approximate surface area is 145 Å². The maximum Gasteiger partial charge on any atom is 0.251 e. The fourth-order valence-corrected chi connectivity index (χ4v) is 2.03. The molecular weight excluding hydrogens is 326 g/mol. The summed E-state index contributed by atoms with van der Waals surface area (Å²) in [5, 5.41) is 14.6. The molecule has 10 heteroatoms. The molecule has 1 aromatic carbocycles. The fraction of sp³-hybridized carbons (Fsp3) is 0.467. The molecule has 136 valence electrons. The van der Waals surface area contributed by atoms with E-state index in [4.69, 9.17) is 20.9 Å². The summed E-state index contributed by atoms with van der Waals surface area (Å²) < 4.78 is 10.5. The van der Waals surface area contributed by atoms with E-state index in [0.29, 0.717) is 62.2 Å². The van der Waals surface area contributed by atoms with Crippen LogP contribution in [0.5, 0.6) is 0 Å². The highest BCUT2D eigenvalue weighted by Crippen LogP contribution is 2.23. The van der Waals surface area contributed by atoms with Crippen molar-refractivity contribution in [1.29, 1.82) is 0 Å². The van der Waals surface area contributed by atoms with Gasteiger partial charge in [0.05, 0.1) is 33.5 Å². The second kappa shape index (κ2) is 9.67. The van der Waals surface area contributed by atoms with Crippen molar-refractivity contribution < 1.29 is 14.3 Å². The Kier molecular flexibility index (Phi) is 7.26. The van der Waals surface area contributed by atoms with Crippen molar-refractivity contribution in [3.63, 3.8) is 0 Å². The maximum atomic E-state index is 12.2. The molecule has 0 aliphatic rings. The van der Waals surface area contributed by atoms with Crippen LogP contribution in [0.25, 0.3) is 11.4 Å². The first-order chi connectivity index (χ1) is 12.1. The molecule has 5 N–H and O–H groups in total. The smallest absolute Gasteiger partial charge is 0.251 e. The minimum absolute atomic E-state index is 0.229. The third-order valence-electron chi connectivity index (χ3n) is 3.23. The van der Waals surface area contributed by atoms with Crippen LogP contribution < -0.4 is 16.8 Å². The average molecular weight is 349 g/mol. The molecule has 0 fully saturated rings. The topological polar surface area (TPSA) is 143 Å². The van der Waals surface area contributed by atoms with Gasteiger partial charge in [-0.2, -0.15) is 4.80 Å². The predicted molar refractivity (Wildman–Crippen MR) is 91.7 cm³/mol. The van der Waals surface area contributed by atoms with E-state index in [9.17, 15) is 4.79 Å². The lowest BCUT2D eigenvalue weighted by molar-refractivity contribution is 0.0511. The lowest BCUT2D eigenvalue weighted by Crippen LogP contribution is -2.27. The van der Waals surface area contributed by atoms with Gasteiger partial charge < -0.3 is 26.3 Å². The number of nitrogens with zero attached hydrogens (tertiary/aromatic N) is 4. The number of aryl methyl sites for hydroxylation is 1. The van der Waals surface area contributed by atoms with Crippen LogP contribution in [0, 0.1) is 0 Å².